The van der Waals surface area contributed by atoms with Crippen LogP contribution in [-0.4, -0.2) is 35.6 Å². The molecule has 0 N–H and O–H groups in total. The van der Waals surface area contributed by atoms with E-state index in [0.717, 1.165) is 12.8 Å². The first-order valence-corrected chi connectivity index (χ1v) is 7.23. The monoisotopic (exact) mass is 269 g/mol. The Kier molecular flexibility index (Phi) is 4.47. The van der Waals surface area contributed by atoms with E-state index in [-0.39, 0.29) is 11.8 Å². The van der Waals surface area contributed by atoms with Gasteiger partial charge in [0.05, 0.1) is 0 Å². The average molecular weight is 269 g/mol. The van der Waals surface area contributed by atoms with Crippen molar-refractivity contribution in [2.75, 3.05) is 19.3 Å². The molecule has 0 aliphatic carbocycles. The van der Waals surface area contributed by atoms with Crippen LogP contribution in [-0.2, 0) is 0 Å². The molecular formula is C13H16FNO2S. The van der Waals surface area contributed by atoms with Gasteiger partial charge in [-0.15, -0.1) is 0 Å². The van der Waals surface area contributed by atoms with Gasteiger partial charge >= 0.3 is 6.09 Å². The number of thioether (sulfide) groups is 1. The highest BCUT2D eigenvalue weighted by Crippen LogP contribution is 2.22. The largest absolute Gasteiger partial charge is 0.415 e. The number of amides is 1. The number of hydrogen-bond acceptors (Lipinski definition) is 3. The minimum atomic E-state index is -0.401. The SMILES string of the molecule is CSC1CCN(C(=O)Oc2cccc(F)c2)CC1. The van der Waals surface area contributed by atoms with Gasteiger partial charge in [0.1, 0.15) is 11.6 Å². The second-order valence-corrected chi connectivity index (χ2v) is 5.39. The maximum atomic E-state index is 12.9. The lowest BCUT2D eigenvalue weighted by atomic mass is 10.1. The second-order valence-electron chi connectivity index (χ2n) is 4.25. The summed E-state index contributed by atoms with van der Waals surface area (Å²) in [5, 5.41) is 0.628. The van der Waals surface area contributed by atoms with Gasteiger partial charge in [-0.1, -0.05) is 6.07 Å². The number of nitrogens with zero attached hydrogens (tertiary/aromatic N) is 1. The molecule has 1 saturated heterocycles. The summed E-state index contributed by atoms with van der Waals surface area (Å²) in [6, 6.07) is 5.64. The van der Waals surface area contributed by atoms with E-state index in [1.807, 2.05) is 11.8 Å². The third-order valence-electron chi connectivity index (χ3n) is 3.03. The topological polar surface area (TPSA) is 29.5 Å². The quantitative estimate of drug-likeness (QED) is 0.826. The summed E-state index contributed by atoms with van der Waals surface area (Å²) in [7, 11) is 0. The van der Waals surface area contributed by atoms with E-state index in [4.69, 9.17) is 4.74 Å². The number of piperidine rings is 1. The first kappa shape index (κ1) is 13.2. The van der Waals surface area contributed by atoms with Gasteiger partial charge < -0.3 is 9.64 Å². The zero-order chi connectivity index (χ0) is 13.0. The van der Waals surface area contributed by atoms with Crippen molar-refractivity contribution in [1.82, 2.24) is 4.90 Å². The molecule has 5 heteroatoms. The Bertz CT molecular complexity index is 419. The van der Waals surface area contributed by atoms with Crippen molar-refractivity contribution < 1.29 is 13.9 Å². The lowest BCUT2D eigenvalue weighted by Crippen LogP contribution is -2.40. The smallest absolute Gasteiger partial charge is 0.410 e. The van der Waals surface area contributed by atoms with Gasteiger partial charge in [-0.05, 0) is 31.2 Å². The van der Waals surface area contributed by atoms with Crippen LogP contribution >= 0.6 is 11.8 Å². The fourth-order valence-corrected chi connectivity index (χ4v) is 2.65. The lowest BCUT2D eigenvalue weighted by molar-refractivity contribution is 0.143. The third kappa shape index (κ3) is 3.38. The molecule has 18 heavy (non-hydrogen) atoms. The Morgan fingerprint density at radius 3 is 2.78 bits per heavy atom. The predicted octanol–water partition coefficient (Wildman–Crippen LogP) is 3.15. The number of carbonyl (C=O) groups excluding carboxylic acids is 1. The Morgan fingerprint density at radius 1 is 1.44 bits per heavy atom. The first-order chi connectivity index (χ1) is 8.69. The van der Waals surface area contributed by atoms with Crippen LogP contribution in [0.5, 0.6) is 5.75 Å². The number of rotatable bonds is 2. The van der Waals surface area contributed by atoms with E-state index >= 15 is 0 Å². The van der Waals surface area contributed by atoms with Crippen molar-refractivity contribution in [3.05, 3.63) is 30.1 Å². The van der Waals surface area contributed by atoms with Crippen LogP contribution in [0.3, 0.4) is 0 Å². The van der Waals surface area contributed by atoms with E-state index in [1.54, 1.807) is 11.0 Å². The van der Waals surface area contributed by atoms with Gasteiger partial charge in [-0.25, -0.2) is 9.18 Å². The highest BCUT2D eigenvalue weighted by Gasteiger charge is 2.23. The van der Waals surface area contributed by atoms with Crippen LogP contribution in [0.15, 0.2) is 24.3 Å². The fourth-order valence-electron chi connectivity index (χ4n) is 1.97. The first-order valence-electron chi connectivity index (χ1n) is 5.94. The summed E-state index contributed by atoms with van der Waals surface area (Å²) in [6.07, 6.45) is 3.67. The molecule has 0 aromatic heterocycles. The van der Waals surface area contributed by atoms with Gasteiger partial charge in [0.2, 0.25) is 0 Å². The number of carbonyl (C=O) groups is 1. The summed E-state index contributed by atoms with van der Waals surface area (Å²) in [5.41, 5.74) is 0. The van der Waals surface area contributed by atoms with E-state index in [2.05, 4.69) is 6.26 Å². The lowest BCUT2D eigenvalue weighted by Gasteiger charge is -2.30. The molecule has 0 spiro atoms. The molecule has 0 atom stereocenters. The Balaban J connectivity index is 1.89. The molecule has 2 rings (SSSR count). The minimum Gasteiger partial charge on any atom is -0.410 e. The Hall–Kier alpha value is -1.23. The fraction of sp³-hybridized carbons (Fsp3) is 0.462. The molecule has 1 aromatic carbocycles. The molecule has 1 aliphatic rings. The van der Waals surface area contributed by atoms with Crippen LogP contribution < -0.4 is 4.74 Å². The molecule has 3 nitrogen and oxygen atoms in total. The summed E-state index contributed by atoms with van der Waals surface area (Å²) in [4.78, 5) is 13.5. The maximum absolute atomic E-state index is 12.9. The number of halogens is 1. The summed E-state index contributed by atoms with van der Waals surface area (Å²) >= 11 is 1.84. The van der Waals surface area contributed by atoms with Gasteiger partial charge in [0, 0.05) is 24.4 Å². The van der Waals surface area contributed by atoms with Gasteiger partial charge in [0.15, 0.2) is 0 Å². The Labute approximate surface area is 110 Å². The maximum Gasteiger partial charge on any atom is 0.415 e. The van der Waals surface area contributed by atoms with Gasteiger partial charge in [0.25, 0.3) is 0 Å². The van der Waals surface area contributed by atoms with Crippen LogP contribution in [0, 0.1) is 5.82 Å². The Morgan fingerprint density at radius 2 is 2.17 bits per heavy atom. The van der Waals surface area contributed by atoms with Crippen molar-refractivity contribution >= 4 is 17.9 Å². The molecule has 1 amide bonds. The zero-order valence-electron chi connectivity index (χ0n) is 10.3. The van der Waals surface area contributed by atoms with E-state index in [1.165, 1.54) is 18.2 Å². The van der Waals surface area contributed by atoms with Gasteiger partial charge in [-0.3, -0.25) is 0 Å². The van der Waals surface area contributed by atoms with Crippen molar-refractivity contribution in [2.24, 2.45) is 0 Å². The molecule has 0 unspecified atom stereocenters. The number of benzene rings is 1. The molecule has 0 bridgehead atoms. The van der Waals surface area contributed by atoms with Crippen LogP contribution in [0.2, 0.25) is 0 Å². The van der Waals surface area contributed by atoms with Crippen molar-refractivity contribution in [2.45, 2.75) is 18.1 Å². The summed E-state index contributed by atoms with van der Waals surface area (Å²) in [6.45, 7) is 1.42. The highest BCUT2D eigenvalue weighted by molar-refractivity contribution is 7.99. The summed E-state index contributed by atoms with van der Waals surface area (Å²) in [5.74, 6) is -0.145. The average Bonchev–Trinajstić information content (AvgIpc) is 2.39. The van der Waals surface area contributed by atoms with Gasteiger partial charge in [-0.2, -0.15) is 11.8 Å². The molecule has 1 heterocycles. The molecule has 1 aliphatic heterocycles. The molecule has 98 valence electrons. The van der Waals surface area contributed by atoms with Crippen molar-refractivity contribution in [1.29, 1.82) is 0 Å². The normalized spacial score (nSPS) is 16.7. The third-order valence-corrected chi connectivity index (χ3v) is 4.17. The van der Waals surface area contributed by atoms with E-state index in [9.17, 15) is 9.18 Å². The molecule has 1 fully saturated rings. The molecule has 1 aromatic rings. The summed E-state index contributed by atoms with van der Waals surface area (Å²) < 4.78 is 18.1. The highest BCUT2D eigenvalue weighted by atomic mass is 32.2. The molecular weight excluding hydrogens is 253 g/mol. The standard InChI is InChI=1S/C13H16FNO2S/c1-18-12-5-7-15(8-6-12)13(16)17-11-4-2-3-10(14)9-11/h2-4,9,12H,5-8H2,1H3. The van der Waals surface area contributed by atoms with Crippen LogP contribution in [0.4, 0.5) is 9.18 Å². The number of hydrogen-bond donors (Lipinski definition) is 0. The van der Waals surface area contributed by atoms with Crippen molar-refractivity contribution in [3.63, 3.8) is 0 Å². The molecule has 0 radical (unpaired) electrons. The van der Waals surface area contributed by atoms with E-state index in [0.29, 0.717) is 18.3 Å². The van der Waals surface area contributed by atoms with Crippen LogP contribution in [0.1, 0.15) is 12.8 Å². The zero-order valence-corrected chi connectivity index (χ0v) is 11.1. The number of likely N-dealkylation sites (tertiary alicyclic amines) is 1. The second kappa shape index (κ2) is 6.09. The number of ether oxygens (including phenoxy) is 1. The predicted molar refractivity (Wildman–Crippen MR) is 70.5 cm³/mol. The molecule has 0 saturated carbocycles. The van der Waals surface area contributed by atoms with Crippen LogP contribution in [0.25, 0.3) is 0 Å². The minimum absolute atomic E-state index is 0.256. The van der Waals surface area contributed by atoms with Crippen molar-refractivity contribution in [3.8, 4) is 5.75 Å². The van der Waals surface area contributed by atoms with E-state index < -0.39 is 5.82 Å².